The van der Waals surface area contributed by atoms with Crippen LogP contribution in [-0.4, -0.2) is 47.8 Å². The molecule has 8 nitrogen and oxygen atoms in total. The lowest BCUT2D eigenvalue weighted by Crippen LogP contribution is -2.30. The minimum absolute atomic E-state index is 0.0762. The van der Waals surface area contributed by atoms with E-state index >= 15 is 0 Å². The van der Waals surface area contributed by atoms with Gasteiger partial charge in [0.05, 0.1) is 24.4 Å². The average Bonchev–Trinajstić information content (AvgIpc) is 3.13. The van der Waals surface area contributed by atoms with E-state index in [1.54, 1.807) is 6.20 Å². The molecule has 0 fully saturated rings. The lowest BCUT2D eigenvalue weighted by molar-refractivity contribution is -0.137. The molecule has 1 amide bonds. The smallest absolute Gasteiger partial charge is 0.303 e. The van der Waals surface area contributed by atoms with E-state index in [0.29, 0.717) is 19.4 Å². The van der Waals surface area contributed by atoms with E-state index in [1.807, 2.05) is 28.8 Å². The molecular formula is C18H25N5O3. The molecule has 0 atom stereocenters. The maximum absolute atomic E-state index is 12.6. The molecule has 0 aliphatic carbocycles. The van der Waals surface area contributed by atoms with Crippen LogP contribution in [0.25, 0.3) is 0 Å². The summed E-state index contributed by atoms with van der Waals surface area (Å²) in [5.41, 5.74) is 1.77. The quantitative estimate of drug-likeness (QED) is 0.811. The van der Waals surface area contributed by atoms with Crippen molar-refractivity contribution < 1.29 is 14.7 Å². The number of imidazole rings is 1. The van der Waals surface area contributed by atoms with Crippen LogP contribution in [0, 0.1) is 6.92 Å². The summed E-state index contributed by atoms with van der Waals surface area (Å²) in [6.07, 6.45) is 6.37. The summed E-state index contributed by atoms with van der Waals surface area (Å²) < 4.78 is 3.97. The van der Waals surface area contributed by atoms with Crippen LogP contribution >= 0.6 is 0 Å². The van der Waals surface area contributed by atoms with Gasteiger partial charge >= 0.3 is 5.97 Å². The summed E-state index contributed by atoms with van der Waals surface area (Å²) in [5, 5.41) is 13.3. The molecule has 2 aromatic heterocycles. The first-order chi connectivity index (χ1) is 12.5. The Morgan fingerprint density at radius 1 is 1.27 bits per heavy atom. The largest absolute Gasteiger partial charge is 0.481 e. The van der Waals surface area contributed by atoms with Crippen LogP contribution in [0.3, 0.4) is 0 Å². The van der Waals surface area contributed by atoms with Crippen molar-refractivity contribution in [3.63, 3.8) is 0 Å². The SMILES string of the molecule is Cc1nccn1CCCC(=O)N1CCCn2nc(CCC(=O)O)cc2C1. The lowest BCUT2D eigenvalue weighted by Gasteiger charge is -2.20. The number of carboxylic acids is 1. The van der Waals surface area contributed by atoms with Crippen molar-refractivity contribution in [1.29, 1.82) is 0 Å². The molecule has 2 aromatic rings. The van der Waals surface area contributed by atoms with E-state index in [2.05, 4.69) is 14.6 Å². The Morgan fingerprint density at radius 2 is 2.12 bits per heavy atom. The Bertz CT molecular complexity index is 780. The monoisotopic (exact) mass is 359 g/mol. The van der Waals surface area contributed by atoms with E-state index in [0.717, 1.165) is 49.7 Å². The van der Waals surface area contributed by atoms with Crippen molar-refractivity contribution in [2.75, 3.05) is 6.54 Å². The van der Waals surface area contributed by atoms with Crippen LogP contribution in [0.5, 0.6) is 0 Å². The van der Waals surface area contributed by atoms with Gasteiger partial charge in [-0.15, -0.1) is 0 Å². The molecule has 3 heterocycles. The topological polar surface area (TPSA) is 93.3 Å². The summed E-state index contributed by atoms with van der Waals surface area (Å²) in [6, 6.07) is 1.93. The van der Waals surface area contributed by atoms with Crippen LogP contribution in [-0.2, 0) is 35.6 Å². The Balaban J connectivity index is 1.54. The van der Waals surface area contributed by atoms with Crippen LogP contribution in [0.15, 0.2) is 18.5 Å². The molecule has 0 spiro atoms. The molecule has 0 unspecified atom stereocenters. The fourth-order valence-corrected chi connectivity index (χ4v) is 3.29. The summed E-state index contributed by atoms with van der Waals surface area (Å²) in [4.78, 5) is 29.4. The predicted molar refractivity (Wildman–Crippen MR) is 94.4 cm³/mol. The number of aryl methyl sites for hydroxylation is 4. The molecule has 3 rings (SSSR count). The highest BCUT2D eigenvalue weighted by atomic mass is 16.4. The third kappa shape index (κ3) is 4.50. The second kappa shape index (κ2) is 8.16. The van der Waals surface area contributed by atoms with Gasteiger partial charge in [0.1, 0.15) is 5.82 Å². The molecule has 0 bridgehead atoms. The van der Waals surface area contributed by atoms with Crippen molar-refractivity contribution >= 4 is 11.9 Å². The highest BCUT2D eigenvalue weighted by Crippen LogP contribution is 2.16. The zero-order valence-corrected chi connectivity index (χ0v) is 15.1. The minimum atomic E-state index is -0.821. The fourth-order valence-electron chi connectivity index (χ4n) is 3.29. The summed E-state index contributed by atoms with van der Waals surface area (Å²) in [7, 11) is 0. The second-order valence-electron chi connectivity index (χ2n) is 6.68. The van der Waals surface area contributed by atoms with E-state index in [9.17, 15) is 9.59 Å². The van der Waals surface area contributed by atoms with Crippen molar-refractivity contribution in [2.45, 2.75) is 58.7 Å². The fraction of sp³-hybridized carbons (Fsp3) is 0.556. The first-order valence-electron chi connectivity index (χ1n) is 9.06. The molecule has 0 saturated heterocycles. The Morgan fingerprint density at radius 3 is 2.85 bits per heavy atom. The molecule has 0 aromatic carbocycles. The second-order valence-corrected chi connectivity index (χ2v) is 6.68. The molecule has 0 saturated carbocycles. The maximum atomic E-state index is 12.6. The van der Waals surface area contributed by atoms with Crippen molar-refractivity contribution in [3.05, 3.63) is 35.7 Å². The Kier molecular flexibility index (Phi) is 5.70. The number of aliphatic carboxylic acids is 1. The number of fused-ring (bicyclic) bond motifs is 1. The van der Waals surface area contributed by atoms with E-state index < -0.39 is 5.97 Å². The molecule has 8 heteroatoms. The van der Waals surface area contributed by atoms with Gasteiger partial charge < -0.3 is 14.6 Å². The normalized spacial score (nSPS) is 14.1. The first kappa shape index (κ1) is 18.2. The zero-order valence-electron chi connectivity index (χ0n) is 15.1. The van der Waals surface area contributed by atoms with Crippen LogP contribution in [0.1, 0.15) is 42.9 Å². The average molecular weight is 359 g/mol. The van der Waals surface area contributed by atoms with Gasteiger partial charge in [0.25, 0.3) is 0 Å². The minimum Gasteiger partial charge on any atom is -0.481 e. The number of carbonyl (C=O) groups excluding carboxylic acids is 1. The molecular weight excluding hydrogens is 334 g/mol. The standard InChI is InChI=1S/C18H25N5O3/c1-14-19-7-11-21(14)8-2-4-17(24)22-9-3-10-23-16(13-22)12-15(20-23)5-6-18(25)26/h7,11-12H,2-6,8-10,13H2,1H3,(H,25,26). The van der Waals surface area contributed by atoms with Crippen LogP contribution < -0.4 is 0 Å². The van der Waals surface area contributed by atoms with E-state index in [-0.39, 0.29) is 12.3 Å². The van der Waals surface area contributed by atoms with Gasteiger partial charge in [-0.25, -0.2) is 4.98 Å². The van der Waals surface area contributed by atoms with E-state index in [1.165, 1.54) is 0 Å². The summed E-state index contributed by atoms with van der Waals surface area (Å²) in [5.74, 6) is 0.299. The number of carbonyl (C=O) groups is 2. The number of amides is 1. The summed E-state index contributed by atoms with van der Waals surface area (Å²) >= 11 is 0. The van der Waals surface area contributed by atoms with Gasteiger partial charge in [-0.3, -0.25) is 14.3 Å². The van der Waals surface area contributed by atoms with Crippen LogP contribution in [0.4, 0.5) is 0 Å². The van der Waals surface area contributed by atoms with Gasteiger partial charge in [-0.2, -0.15) is 5.10 Å². The zero-order chi connectivity index (χ0) is 18.5. The molecule has 1 aliphatic heterocycles. The highest BCUT2D eigenvalue weighted by Gasteiger charge is 2.20. The van der Waals surface area contributed by atoms with E-state index in [4.69, 9.17) is 5.11 Å². The highest BCUT2D eigenvalue weighted by molar-refractivity contribution is 5.76. The van der Waals surface area contributed by atoms with Gasteiger partial charge in [0, 0.05) is 44.9 Å². The van der Waals surface area contributed by atoms with Gasteiger partial charge in [0.2, 0.25) is 5.91 Å². The lowest BCUT2D eigenvalue weighted by atomic mass is 10.2. The summed E-state index contributed by atoms with van der Waals surface area (Å²) in [6.45, 7) is 4.79. The Labute approximate surface area is 152 Å². The molecule has 1 N–H and O–H groups in total. The van der Waals surface area contributed by atoms with Crippen molar-refractivity contribution in [2.24, 2.45) is 0 Å². The van der Waals surface area contributed by atoms with Gasteiger partial charge in [0.15, 0.2) is 0 Å². The molecule has 1 aliphatic rings. The Hall–Kier alpha value is -2.64. The number of hydrogen-bond donors (Lipinski definition) is 1. The number of nitrogens with zero attached hydrogens (tertiary/aromatic N) is 5. The first-order valence-corrected chi connectivity index (χ1v) is 9.06. The number of carboxylic acid groups (broad SMARTS) is 1. The maximum Gasteiger partial charge on any atom is 0.303 e. The number of aromatic nitrogens is 4. The van der Waals surface area contributed by atoms with Crippen molar-refractivity contribution in [1.82, 2.24) is 24.2 Å². The van der Waals surface area contributed by atoms with Gasteiger partial charge in [-0.05, 0) is 25.8 Å². The number of hydrogen-bond acceptors (Lipinski definition) is 4. The molecule has 0 radical (unpaired) electrons. The predicted octanol–water partition coefficient (Wildman–Crippen LogP) is 1.62. The molecule has 140 valence electrons. The third-order valence-corrected chi connectivity index (χ3v) is 4.73. The van der Waals surface area contributed by atoms with Crippen LogP contribution in [0.2, 0.25) is 0 Å². The molecule has 26 heavy (non-hydrogen) atoms. The van der Waals surface area contributed by atoms with Gasteiger partial charge in [-0.1, -0.05) is 0 Å². The van der Waals surface area contributed by atoms with Crippen molar-refractivity contribution in [3.8, 4) is 0 Å². The third-order valence-electron chi connectivity index (χ3n) is 4.73. The number of rotatable bonds is 7.